The summed E-state index contributed by atoms with van der Waals surface area (Å²) in [6, 6.07) is 21.1. The van der Waals surface area contributed by atoms with Gasteiger partial charge in [0.25, 0.3) is 0 Å². The fourth-order valence-corrected chi connectivity index (χ4v) is 5.20. The molecule has 0 aliphatic heterocycles. The fourth-order valence-electron chi connectivity index (χ4n) is 5.20. The molecule has 3 aromatic carbocycles. The first-order chi connectivity index (χ1) is 15.8. The lowest BCUT2D eigenvalue weighted by atomic mass is 9.87. The third-order valence-corrected chi connectivity index (χ3v) is 6.59. The maximum absolute atomic E-state index is 6.59. The molecular weight excluding hydrogens is 406 g/mol. The fraction of sp³-hybridized carbons (Fsp3) is 0.233. The summed E-state index contributed by atoms with van der Waals surface area (Å²) in [6.45, 7) is 9.00. The van der Waals surface area contributed by atoms with Crippen LogP contribution in [0.25, 0.3) is 55.1 Å². The Balaban J connectivity index is 1.80. The van der Waals surface area contributed by atoms with Gasteiger partial charge in [0.15, 0.2) is 11.8 Å². The van der Waals surface area contributed by atoms with Crippen LogP contribution in [0, 0.1) is 12.3 Å². The van der Waals surface area contributed by atoms with Crippen LogP contribution in [-0.4, -0.2) is 0 Å². The van der Waals surface area contributed by atoms with E-state index in [4.69, 9.17) is 8.83 Å². The number of pyridine rings is 1. The average molecular weight is 435 g/mol. The van der Waals surface area contributed by atoms with Gasteiger partial charge in [-0.1, -0.05) is 57.2 Å². The van der Waals surface area contributed by atoms with Crippen LogP contribution in [0.15, 0.2) is 75.7 Å². The topological polar surface area (TPSA) is 30.2 Å². The van der Waals surface area contributed by atoms with Gasteiger partial charge >= 0.3 is 0 Å². The van der Waals surface area contributed by atoms with Crippen molar-refractivity contribution in [3.8, 4) is 11.3 Å². The normalized spacial score (nSPS) is 12.5. The van der Waals surface area contributed by atoms with Crippen molar-refractivity contribution in [2.75, 3.05) is 0 Å². The second-order valence-corrected chi connectivity index (χ2v) is 10.4. The number of hydrogen-bond acceptors (Lipinski definition) is 2. The molecule has 3 aromatic heterocycles. The SMILES string of the molecule is Cc1c(-c2cc(CC(C)(C)C)cc[n+]2C)c2oc3ccccc3c2c2c1oc1ccccc12. The zero-order valence-corrected chi connectivity index (χ0v) is 19.8. The van der Waals surface area contributed by atoms with Crippen molar-refractivity contribution in [2.24, 2.45) is 12.5 Å². The van der Waals surface area contributed by atoms with Gasteiger partial charge in [-0.25, -0.2) is 4.57 Å². The van der Waals surface area contributed by atoms with Gasteiger partial charge in [0.05, 0.1) is 5.56 Å². The molecule has 0 spiro atoms. The Morgan fingerprint density at radius 2 is 1.36 bits per heavy atom. The average Bonchev–Trinajstić information content (AvgIpc) is 3.33. The molecule has 3 heteroatoms. The zero-order chi connectivity index (χ0) is 22.9. The van der Waals surface area contributed by atoms with Crippen molar-refractivity contribution < 1.29 is 13.4 Å². The molecular formula is C30H28NO2+. The number of furan rings is 2. The minimum absolute atomic E-state index is 0.212. The Kier molecular flexibility index (Phi) is 4.22. The molecule has 0 aliphatic carbocycles. The van der Waals surface area contributed by atoms with E-state index in [1.54, 1.807) is 0 Å². The van der Waals surface area contributed by atoms with E-state index in [2.05, 4.69) is 88.0 Å². The molecule has 3 nitrogen and oxygen atoms in total. The molecule has 0 aliphatic rings. The number of rotatable bonds is 2. The molecule has 0 radical (unpaired) electrons. The van der Waals surface area contributed by atoms with Crippen molar-refractivity contribution in [3.05, 3.63) is 78.0 Å². The second-order valence-electron chi connectivity index (χ2n) is 10.4. The van der Waals surface area contributed by atoms with Gasteiger partial charge in [0, 0.05) is 39.2 Å². The lowest BCUT2D eigenvalue weighted by Crippen LogP contribution is -2.31. The van der Waals surface area contributed by atoms with Crippen LogP contribution in [0.4, 0.5) is 0 Å². The Morgan fingerprint density at radius 3 is 2.00 bits per heavy atom. The number of para-hydroxylation sites is 2. The lowest BCUT2D eigenvalue weighted by Gasteiger charge is -2.18. The predicted molar refractivity (Wildman–Crippen MR) is 136 cm³/mol. The van der Waals surface area contributed by atoms with E-state index in [0.717, 1.165) is 67.1 Å². The molecule has 0 saturated heterocycles. The molecule has 6 rings (SSSR count). The molecule has 0 unspecified atom stereocenters. The van der Waals surface area contributed by atoms with Crippen molar-refractivity contribution in [1.29, 1.82) is 0 Å². The Bertz CT molecular complexity index is 1690. The summed E-state index contributed by atoms with van der Waals surface area (Å²) in [5.41, 5.74) is 8.56. The molecule has 33 heavy (non-hydrogen) atoms. The van der Waals surface area contributed by atoms with E-state index >= 15 is 0 Å². The molecule has 6 aromatic rings. The van der Waals surface area contributed by atoms with Crippen LogP contribution >= 0.6 is 0 Å². The van der Waals surface area contributed by atoms with Gasteiger partial charge in [0.2, 0.25) is 5.69 Å². The highest BCUT2D eigenvalue weighted by atomic mass is 16.3. The van der Waals surface area contributed by atoms with Crippen LogP contribution in [-0.2, 0) is 13.5 Å². The first kappa shape index (κ1) is 20.0. The number of fused-ring (bicyclic) bond motifs is 7. The first-order valence-corrected chi connectivity index (χ1v) is 11.6. The quantitative estimate of drug-likeness (QED) is 0.260. The predicted octanol–water partition coefficient (Wildman–Crippen LogP) is 7.87. The Hall–Kier alpha value is -3.59. The summed E-state index contributed by atoms with van der Waals surface area (Å²) in [6.07, 6.45) is 3.17. The molecule has 0 fully saturated rings. The number of aromatic nitrogens is 1. The number of nitrogens with zero attached hydrogens (tertiary/aromatic N) is 1. The smallest absolute Gasteiger partial charge is 0.216 e. The van der Waals surface area contributed by atoms with E-state index in [1.165, 1.54) is 5.56 Å². The number of aryl methyl sites for hydroxylation is 2. The van der Waals surface area contributed by atoms with Crippen molar-refractivity contribution in [1.82, 2.24) is 0 Å². The van der Waals surface area contributed by atoms with E-state index < -0.39 is 0 Å². The summed E-state index contributed by atoms with van der Waals surface area (Å²) < 4.78 is 15.2. The van der Waals surface area contributed by atoms with Gasteiger partial charge in [0.1, 0.15) is 23.8 Å². The first-order valence-electron chi connectivity index (χ1n) is 11.6. The largest absolute Gasteiger partial charge is 0.456 e. The maximum Gasteiger partial charge on any atom is 0.216 e. The highest BCUT2D eigenvalue weighted by Gasteiger charge is 2.27. The van der Waals surface area contributed by atoms with E-state index in [1.807, 2.05) is 18.2 Å². The lowest BCUT2D eigenvalue weighted by molar-refractivity contribution is -0.660. The van der Waals surface area contributed by atoms with Crippen LogP contribution in [0.2, 0.25) is 0 Å². The summed E-state index contributed by atoms with van der Waals surface area (Å²) in [5.74, 6) is 0. The summed E-state index contributed by atoms with van der Waals surface area (Å²) in [7, 11) is 2.10. The van der Waals surface area contributed by atoms with E-state index in [9.17, 15) is 0 Å². The molecule has 0 amide bonds. The zero-order valence-electron chi connectivity index (χ0n) is 19.8. The van der Waals surface area contributed by atoms with Gasteiger partial charge < -0.3 is 8.83 Å². The molecule has 0 atom stereocenters. The summed E-state index contributed by atoms with van der Waals surface area (Å²) in [4.78, 5) is 0. The Labute approximate surface area is 193 Å². The van der Waals surface area contributed by atoms with E-state index in [0.29, 0.717) is 0 Å². The van der Waals surface area contributed by atoms with Crippen LogP contribution in [0.5, 0.6) is 0 Å². The highest BCUT2D eigenvalue weighted by Crippen LogP contribution is 2.46. The van der Waals surface area contributed by atoms with Gasteiger partial charge in [-0.15, -0.1) is 0 Å². The van der Waals surface area contributed by atoms with Gasteiger partial charge in [-0.05, 0) is 36.5 Å². The van der Waals surface area contributed by atoms with Crippen LogP contribution in [0.3, 0.4) is 0 Å². The highest BCUT2D eigenvalue weighted by molar-refractivity contribution is 6.29. The minimum Gasteiger partial charge on any atom is -0.456 e. The summed E-state index contributed by atoms with van der Waals surface area (Å²) >= 11 is 0. The van der Waals surface area contributed by atoms with Gasteiger partial charge in [-0.3, -0.25) is 0 Å². The number of benzene rings is 3. The van der Waals surface area contributed by atoms with Gasteiger partial charge in [-0.2, -0.15) is 0 Å². The molecule has 164 valence electrons. The molecule has 0 saturated carbocycles. The monoisotopic (exact) mass is 434 g/mol. The molecule has 0 bridgehead atoms. The number of hydrogen-bond donors (Lipinski definition) is 0. The summed E-state index contributed by atoms with van der Waals surface area (Å²) in [5, 5.41) is 4.52. The van der Waals surface area contributed by atoms with Crippen molar-refractivity contribution in [2.45, 2.75) is 34.1 Å². The standard InChI is InChI=1S/C30H28NO2/c1-18-25(22-16-19(14-15-31(22)5)17-30(2,3)4)29-27(21-11-7-9-13-24(21)33-29)26-20-10-6-8-12-23(20)32-28(18)26/h6-16H,17H2,1-5H3/q+1. The van der Waals surface area contributed by atoms with Crippen molar-refractivity contribution >= 4 is 43.9 Å². The molecule has 3 heterocycles. The third-order valence-electron chi connectivity index (χ3n) is 6.59. The third kappa shape index (κ3) is 3.06. The molecule has 0 N–H and O–H groups in total. The maximum atomic E-state index is 6.59. The minimum atomic E-state index is 0.212. The van der Waals surface area contributed by atoms with Crippen LogP contribution < -0.4 is 4.57 Å². The van der Waals surface area contributed by atoms with E-state index in [-0.39, 0.29) is 5.41 Å². The van der Waals surface area contributed by atoms with Crippen molar-refractivity contribution in [3.63, 3.8) is 0 Å². The Morgan fingerprint density at radius 1 is 0.788 bits per heavy atom. The van der Waals surface area contributed by atoms with Crippen LogP contribution in [0.1, 0.15) is 31.9 Å². The second kappa shape index (κ2) is 6.95.